The Bertz CT molecular complexity index is 1040. The Morgan fingerprint density at radius 3 is 2.69 bits per heavy atom. The molecule has 0 atom stereocenters. The second kappa shape index (κ2) is 10.8. The summed E-state index contributed by atoms with van der Waals surface area (Å²) in [7, 11) is 2.74. The molecular weight excluding hydrogens is 434 g/mol. The zero-order chi connectivity index (χ0) is 23.1. The van der Waals surface area contributed by atoms with E-state index in [0.29, 0.717) is 16.1 Å². The number of methoxy groups -OCH3 is 2. The van der Waals surface area contributed by atoms with Crippen molar-refractivity contribution in [1.82, 2.24) is 0 Å². The predicted molar refractivity (Wildman–Crippen MR) is 120 cm³/mol. The first-order valence-electron chi connectivity index (χ1n) is 10.2. The molecule has 9 heteroatoms. The molecule has 0 unspecified atom stereocenters. The second-order valence-electron chi connectivity index (χ2n) is 7.18. The summed E-state index contributed by atoms with van der Waals surface area (Å²) in [4.78, 5) is 37.7. The van der Waals surface area contributed by atoms with Crippen molar-refractivity contribution in [3.63, 3.8) is 0 Å². The van der Waals surface area contributed by atoms with Crippen LogP contribution in [0.25, 0.3) is 6.08 Å². The monoisotopic (exact) mass is 459 g/mol. The Kier molecular flexibility index (Phi) is 7.88. The first kappa shape index (κ1) is 23.3. The molecule has 0 radical (unpaired) electrons. The van der Waals surface area contributed by atoms with Crippen LogP contribution < -0.4 is 10.1 Å². The van der Waals surface area contributed by atoms with Gasteiger partial charge in [0.2, 0.25) is 0 Å². The Labute approximate surface area is 189 Å². The predicted octanol–water partition coefficient (Wildman–Crippen LogP) is 3.71. The highest BCUT2D eigenvalue weighted by molar-refractivity contribution is 7.17. The van der Waals surface area contributed by atoms with E-state index in [0.717, 1.165) is 42.5 Å². The van der Waals surface area contributed by atoms with Crippen LogP contribution in [0.15, 0.2) is 24.3 Å². The molecule has 8 nitrogen and oxygen atoms in total. The van der Waals surface area contributed by atoms with Crippen LogP contribution in [0.1, 0.15) is 45.6 Å². The number of anilines is 1. The lowest BCUT2D eigenvalue weighted by Crippen LogP contribution is -2.21. The SMILES string of the molecule is COC(=O)c1c(NC(=O)COC(=O)/C=C/c2ccc(O)c(OC)c2)sc2c1CCCCC2. The summed E-state index contributed by atoms with van der Waals surface area (Å²) in [6.07, 6.45) is 7.41. The maximum Gasteiger partial charge on any atom is 0.341 e. The third-order valence-corrected chi connectivity index (χ3v) is 6.23. The molecule has 0 fully saturated rings. The molecule has 170 valence electrons. The number of ether oxygens (including phenoxy) is 3. The number of esters is 2. The van der Waals surface area contributed by atoms with Gasteiger partial charge in [0.1, 0.15) is 5.00 Å². The molecule has 2 N–H and O–H groups in total. The van der Waals surface area contributed by atoms with Gasteiger partial charge in [-0.15, -0.1) is 11.3 Å². The summed E-state index contributed by atoms with van der Waals surface area (Å²) in [6, 6.07) is 4.60. The van der Waals surface area contributed by atoms with Crippen LogP contribution in [0.5, 0.6) is 11.5 Å². The number of phenolic OH excluding ortho intramolecular Hbond substituents is 1. The zero-order valence-corrected chi connectivity index (χ0v) is 18.8. The highest BCUT2D eigenvalue weighted by Crippen LogP contribution is 2.38. The van der Waals surface area contributed by atoms with E-state index >= 15 is 0 Å². The fourth-order valence-electron chi connectivity index (χ4n) is 3.46. The van der Waals surface area contributed by atoms with Gasteiger partial charge in [-0.3, -0.25) is 4.79 Å². The highest BCUT2D eigenvalue weighted by Gasteiger charge is 2.26. The van der Waals surface area contributed by atoms with Crippen molar-refractivity contribution in [1.29, 1.82) is 0 Å². The number of nitrogens with one attached hydrogen (secondary N) is 1. The number of benzene rings is 1. The van der Waals surface area contributed by atoms with Gasteiger partial charge in [0.15, 0.2) is 18.1 Å². The number of aryl methyl sites for hydroxylation is 1. The minimum absolute atomic E-state index is 0.0129. The number of carbonyl (C=O) groups is 3. The molecular formula is C23H25NO7S. The summed E-state index contributed by atoms with van der Waals surface area (Å²) in [6.45, 7) is -0.495. The van der Waals surface area contributed by atoms with Crippen LogP contribution in [0.2, 0.25) is 0 Å². The third kappa shape index (κ3) is 5.67. The number of carbonyl (C=O) groups excluding carboxylic acids is 3. The number of hydrogen-bond donors (Lipinski definition) is 2. The third-order valence-electron chi connectivity index (χ3n) is 5.02. The van der Waals surface area contributed by atoms with Gasteiger partial charge in [0.05, 0.1) is 19.8 Å². The van der Waals surface area contributed by atoms with Crippen LogP contribution in [0.4, 0.5) is 5.00 Å². The number of hydrogen-bond acceptors (Lipinski definition) is 8. The van der Waals surface area contributed by atoms with E-state index in [2.05, 4.69) is 5.32 Å². The van der Waals surface area contributed by atoms with Crippen molar-refractivity contribution < 1.29 is 33.7 Å². The van der Waals surface area contributed by atoms with Crippen LogP contribution in [-0.4, -0.2) is 43.8 Å². The molecule has 1 aliphatic rings. The first-order chi connectivity index (χ1) is 15.4. The molecule has 32 heavy (non-hydrogen) atoms. The van der Waals surface area contributed by atoms with Gasteiger partial charge in [-0.05, 0) is 55.0 Å². The van der Waals surface area contributed by atoms with Crippen molar-refractivity contribution in [2.75, 3.05) is 26.1 Å². The van der Waals surface area contributed by atoms with E-state index < -0.39 is 24.5 Å². The summed E-state index contributed by atoms with van der Waals surface area (Å²) >= 11 is 1.37. The van der Waals surface area contributed by atoms with E-state index in [9.17, 15) is 19.5 Å². The smallest absolute Gasteiger partial charge is 0.341 e. The number of phenols is 1. The lowest BCUT2D eigenvalue weighted by atomic mass is 10.1. The molecule has 0 aliphatic heterocycles. The molecule has 2 aromatic rings. The van der Waals surface area contributed by atoms with Gasteiger partial charge in [0.25, 0.3) is 5.91 Å². The van der Waals surface area contributed by atoms with Crippen LogP contribution in [-0.2, 0) is 31.9 Å². The van der Waals surface area contributed by atoms with Crippen molar-refractivity contribution >= 4 is 40.3 Å². The van der Waals surface area contributed by atoms with Crippen LogP contribution >= 0.6 is 11.3 Å². The van der Waals surface area contributed by atoms with E-state index in [1.165, 1.54) is 43.8 Å². The first-order valence-corrected chi connectivity index (χ1v) is 11.0. The van der Waals surface area contributed by atoms with Gasteiger partial charge in [0, 0.05) is 11.0 Å². The average molecular weight is 460 g/mol. The molecule has 0 saturated carbocycles. The quantitative estimate of drug-likeness (QED) is 0.369. The Morgan fingerprint density at radius 1 is 1.16 bits per heavy atom. The second-order valence-corrected chi connectivity index (χ2v) is 8.29. The molecule has 0 spiro atoms. The van der Waals surface area contributed by atoms with Gasteiger partial charge in [-0.1, -0.05) is 12.5 Å². The minimum atomic E-state index is -0.706. The molecule has 1 heterocycles. The summed E-state index contributed by atoms with van der Waals surface area (Å²) < 4.78 is 14.9. The van der Waals surface area contributed by atoms with E-state index in [1.807, 2.05) is 0 Å². The Hall–Kier alpha value is -3.33. The number of amides is 1. The fourth-order valence-corrected chi connectivity index (χ4v) is 4.75. The van der Waals surface area contributed by atoms with Gasteiger partial charge in [-0.2, -0.15) is 0 Å². The Morgan fingerprint density at radius 2 is 1.94 bits per heavy atom. The average Bonchev–Trinajstić information content (AvgIpc) is 2.96. The number of thiophene rings is 1. The standard InChI is InChI=1S/C23H25NO7S/c1-29-17-12-14(8-10-16(17)25)9-11-20(27)31-13-19(26)24-22-21(23(28)30-2)15-6-4-3-5-7-18(15)32-22/h8-12,25H,3-7,13H2,1-2H3,(H,24,26)/b11-9+. The molecule has 3 rings (SSSR count). The van der Waals surface area contributed by atoms with Gasteiger partial charge >= 0.3 is 11.9 Å². The maximum atomic E-state index is 12.4. The fraction of sp³-hybridized carbons (Fsp3) is 0.348. The number of aromatic hydroxyl groups is 1. The molecule has 1 amide bonds. The van der Waals surface area contributed by atoms with Crippen molar-refractivity contribution in [3.05, 3.63) is 45.8 Å². The van der Waals surface area contributed by atoms with Gasteiger partial charge < -0.3 is 24.6 Å². The van der Waals surface area contributed by atoms with Crippen LogP contribution in [0.3, 0.4) is 0 Å². The minimum Gasteiger partial charge on any atom is -0.504 e. The topological polar surface area (TPSA) is 111 Å². The van der Waals surface area contributed by atoms with Crippen molar-refractivity contribution in [2.45, 2.75) is 32.1 Å². The zero-order valence-electron chi connectivity index (χ0n) is 17.9. The summed E-state index contributed by atoms with van der Waals surface area (Å²) in [5.74, 6) is -1.47. The largest absolute Gasteiger partial charge is 0.504 e. The van der Waals surface area contributed by atoms with Crippen molar-refractivity contribution in [2.24, 2.45) is 0 Å². The maximum absolute atomic E-state index is 12.4. The highest BCUT2D eigenvalue weighted by atomic mass is 32.1. The van der Waals surface area contributed by atoms with E-state index in [1.54, 1.807) is 12.1 Å². The van der Waals surface area contributed by atoms with Gasteiger partial charge in [-0.25, -0.2) is 9.59 Å². The van der Waals surface area contributed by atoms with E-state index in [-0.39, 0.29) is 11.5 Å². The molecule has 1 aromatic heterocycles. The number of rotatable bonds is 7. The molecule has 1 aliphatic carbocycles. The number of fused-ring (bicyclic) bond motifs is 1. The molecule has 0 saturated heterocycles. The molecule has 1 aromatic carbocycles. The van der Waals surface area contributed by atoms with Crippen LogP contribution in [0, 0.1) is 0 Å². The normalized spacial score (nSPS) is 13.2. The lowest BCUT2D eigenvalue weighted by molar-refractivity contribution is -0.142. The Balaban J connectivity index is 1.61. The lowest BCUT2D eigenvalue weighted by Gasteiger charge is -2.07. The van der Waals surface area contributed by atoms with E-state index in [4.69, 9.17) is 14.2 Å². The molecule has 0 bridgehead atoms. The summed E-state index contributed by atoms with van der Waals surface area (Å²) in [5.41, 5.74) is 1.96. The van der Waals surface area contributed by atoms with Crippen molar-refractivity contribution in [3.8, 4) is 11.5 Å². The summed E-state index contributed by atoms with van der Waals surface area (Å²) in [5, 5.41) is 12.7.